The van der Waals surface area contributed by atoms with Crippen LogP contribution < -0.4 is 0 Å². The van der Waals surface area contributed by atoms with Crippen LogP contribution in [0.15, 0.2) is 42.5 Å². The molecule has 0 bridgehead atoms. The van der Waals surface area contributed by atoms with E-state index in [-0.39, 0.29) is 33.5 Å². The zero-order valence-electron chi connectivity index (χ0n) is 13.2. The third-order valence-electron chi connectivity index (χ3n) is 3.64. The van der Waals surface area contributed by atoms with Crippen LogP contribution in [0.2, 0.25) is 5.02 Å². The van der Waals surface area contributed by atoms with Gasteiger partial charge in [0.2, 0.25) is 0 Å². The molecule has 0 radical (unpaired) electrons. The van der Waals surface area contributed by atoms with E-state index < -0.39 is 16.7 Å². The highest BCUT2D eigenvalue weighted by molar-refractivity contribution is 6.33. The number of hydrogen-bond donors (Lipinski definition) is 0. The molecule has 0 unspecified atom stereocenters. The van der Waals surface area contributed by atoms with E-state index in [9.17, 15) is 23.3 Å². The minimum absolute atomic E-state index is 0.00217. The minimum atomic E-state index is -4.55. The number of hydrogen-bond acceptors (Lipinski definition) is 4. The topological polar surface area (TPSA) is 73.8 Å². The van der Waals surface area contributed by atoms with Gasteiger partial charge in [0.05, 0.1) is 15.5 Å². The number of nitro groups is 1. The Labute approximate surface area is 150 Å². The third kappa shape index (κ3) is 3.25. The van der Waals surface area contributed by atoms with Crippen molar-refractivity contribution < 1.29 is 18.1 Å². The van der Waals surface area contributed by atoms with Crippen LogP contribution in [0.4, 0.5) is 18.9 Å². The van der Waals surface area contributed by atoms with Crippen molar-refractivity contribution in [3.63, 3.8) is 0 Å². The molecule has 10 heteroatoms. The number of non-ortho nitro benzene ring substituents is 1. The summed E-state index contributed by atoms with van der Waals surface area (Å²) in [5.41, 5.74) is -0.892. The summed E-state index contributed by atoms with van der Waals surface area (Å²) in [6.45, 7) is 0. The van der Waals surface area contributed by atoms with Crippen LogP contribution in [0, 0.1) is 10.1 Å². The fraction of sp³-hybridized carbons (Fsp3) is 0.125. The molecule has 0 N–H and O–H groups in total. The highest BCUT2D eigenvalue weighted by Gasteiger charge is 2.34. The summed E-state index contributed by atoms with van der Waals surface area (Å²) in [5.74, 6) is 0.0710. The Morgan fingerprint density at radius 2 is 1.85 bits per heavy atom. The first-order valence-corrected chi connectivity index (χ1v) is 7.58. The molecule has 0 aliphatic rings. The number of benzene rings is 2. The number of alkyl halides is 3. The molecule has 26 heavy (non-hydrogen) atoms. The molecule has 0 atom stereocenters. The van der Waals surface area contributed by atoms with Crippen molar-refractivity contribution in [1.29, 1.82) is 0 Å². The first kappa shape index (κ1) is 17.9. The second-order valence-electron chi connectivity index (χ2n) is 5.35. The Morgan fingerprint density at radius 1 is 1.15 bits per heavy atom. The van der Waals surface area contributed by atoms with Gasteiger partial charge in [-0.2, -0.15) is 18.3 Å². The van der Waals surface area contributed by atoms with E-state index in [0.717, 1.165) is 12.1 Å². The van der Waals surface area contributed by atoms with Crippen molar-refractivity contribution in [1.82, 2.24) is 14.8 Å². The predicted octanol–water partition coefficient (Wildman–Crippen LogP) is 4.73. The lowest BCUT2D eigenvalue weighted by Gasteiger charge is -2.11. The van der Waals surface area contributed by atoms with Crippen LogP contribution in [0.5, 0.6) is 0 Å². The van der Waals surface area contributed by atoms with Gasteiger partial charge in [-0.1, -0.05) is 29.8 Å². The van der Waals surface area contributed by atoms with Crippen molar-refractivity contribution in [2.24, 2.45) is 7.05 Å². The summed E-state index contributed by atoms with van der Waals surface area (Å²) < 4.78 is 40.9. The van der Waals surface area contributed by atoms with Crippen LogP contribution >= 0.6 is 11.6 Å². The standard InChI is InChI=1S/C16H10ClF3N4O2/c1-23-15(10-4-2-3-5-12(10)16(18,19)20)21-14(22-23)11-7-6-9(24(25)26)8-13(11)17/h2-8H,1H3. The number of nitrogens with zero attached hydrogens (tertiary/aromatic N) is 4. The van der Waals surface area contributed by atoms with Crippen LogP contribution in [-0.2, 0) is 13.2 Å². The summed E-state index contributed by atoms with van der Waals surface area (Å²) in [4.78, 5) is 14.3. The van der Waals surface area contributed by atoms with Gasteiger partial charge in [0.15, 0.2) is 11.6 Å². The lowest BCUT2D eigenvalue weighted by atomic mass is 10.1. The molecule has 1 aromatic heterocycles. The number of aryl methyl sites for hydroxylation is 1. The summed E-state index contributed by atoms with van der Waals surface area (Å²) in [6, 6.07) is 8.73. The molecule has 3 aromatic rings. The minimum Gasteiger partial charge on any atom is -0.258 e. The van der Waals surface area contributed by atoms with E-state index in [2.05, 4.69) is 10.1 Å². The maximum atomic E-state index is 13.2. The van der Waals surface area contributed by atoms with Gasteiger partial charge >= 0.3 is 6.18 Å². The average molecular weight is 383 g/mol. The average Bonchev–Trinajstić information content (AvgIpc) is 2.95. The zero-order valence-corrected chi connectivity index (χ0v) is 13.9. The maximum absolute atomic E-state index is 13.2. The number of rotatable bonds is 3. The normalized spacial score (nSPS) is 11.6. The van der Waals surface area contributed by atoms with Gasteiger partial charge in [-0.3, -0.25) is 10.1 Å². The molecule has 0 amide bonds. The van der Waals surface area contributed by atoms with Gasteiger partial charge < -0.3 is 0 Å². The summed E-state index contributed by atoms with van der Waals surface area (Å²) >= 11 is 6.05. The fourth-order valence-electron chi connectivity index (χ4n) is 2.46. The Bertz CT molecular complexity index is 1000. The molecule has 6 nitrogen and oxygen atoms in total. The molecule has 0 aliphatic heterocycles. The molecule has 1 heterocycles. The van der Waals surface area contributed by atoms with E-state index in [1.807, 2.05) is 0 Å². The smallest absolute Gasteiger partial charge is 0.258 e. The summed E-state index contributed by atoms with van der Waals surface area (Å²) in [6.07, 6.45) is -4.55. The van der Waals surface area contributed by atoms with Gasteiger partial charge in [-0.15, -0.1) is 0 Å². The lowest BCUT2D eigenvalue weighted by Crippen LogP contribution is -2.08. The SMILES string of the molecule is Cn1nc(-c2ccc([N+](=O)[O-])cc2Cl)nc1-c1ccccc1C(F)(F)F. The Balaban J connectivity index is 2.11. The zero-order chi connectivity index (χ0) is 19.1. The third-order valence-corrected chi connectivity index (χ3v) is 3.95. The largest absolute Gasteiger partial charge is 0.417 e. The van der Waals surface area contributed by atoms with Crippen LogP contribution in [0.3, 0.4) is 0 Å². The van der Waals surface area contributed by atoms with Crippen molar-refractivity contribution in [3.8, 4) is 22.8 Å². The molecule has 0 saturated heterocycles. The molecule has 134 valence electrons. The first-order chi connectivity index (χ1) is 12.2. The Hall–Kier alpha value is -2.94. The molecular weight excluding hydrogens is 373 g/mol. The molecule has 0 aliphatic carbocycles. The Kier molecular flexibility index (Phi) is 4.41. The molecule has 0 fully saturated rings. The van der Waals surface area contributed by atoms with E-state index in [1.165, 1.54) is 42.1 Å². The highest BCUT2D eigenvalue weighted by atomic mass is 35.5. The van der Waals surface area contributed by atoms with Crippen LogP contribution in [0.1, 0.15) is 5.56 Å². The quantitative estimate of drug-likeness (QED) is 0.485. The maximum Gasteiger partial charge on any atom is 0.417 e. The molecule has 0 saturated carbocycles. The molecular formula is C16H10ClF3N4O2. The van der Waals surface area contributed by atoms with E-state index in [0.29, 0.717) is 0 Å². The van der Waals surface area contributed by atoms with Crippen molar-refractivity contribution in [2.75, 3.05) is 0 Å². The van der Waals surface area contributed by atoms with Crippen molar-refractivity contribution in [3.05, 3.63) is 63.2 Å². The van der Waals surface area contributed by atoms with Crippen LogP contribution in [-0.4, -0.2) is 19.7 Å². The van der Waals surface area contributed by atoms with Gasteiger partial charge in [0, 0.05) is 30.3 Å². The fourth-order valence-corrected chi connectivity index (χ4v) is 2.72. The molecule has 0 spiro atoms. The van der Waals surface area contributed by atoms with E-state index in [4.69, 9.17) is 11.6 Å². The number of aromatic nitrogens is 3. The molecule has 3 rings (SSSR count). The summed E-state index contributed by atoms with van der Waals surface area (Å²) in [7, 11) is 1.46. The number of nitro benzene ring substituents is 1. The van der Waals surface area contributed by atoms with E-state index in [1.54, 1.807) is 0 Å². The monoisotopic (exact) mass is 382 g/mol. The second-order valence-corrected chi connectivity index (χ2v) is 5.75. The second kappa shape index (κ2) is 6.41. The predicted molar refractivity (Wildman–Crippen MR) is 88.5 cm³/mol. The van der Waals surface area contributed by atoms with Crippen LogP contribution in [0.25, 0.3) is 22.8 Å². The molecule has 2 aromatic carbocycles. The van der Waals surface area contributed by atoms with Gasteiger partial charge in [0.25, 0.3) is 5.69 Å². The Morgan fingerprint density at radius 3 is 2.46 bits per heavy atom. The van der Waals surface area contributed by atoms with Gasteiger partial charge in [0.1, 0.15) is 0 Å². The van der Waals surface area contributed by atoms with Crippen molar-refractivity contribution >= 4 is 17.3 Å². The van der Waals surface area contributed by atoms with Crippen molar-refractivity contribution in [2.45, 2.75) is 6.18 Å². The lowest BCUT2D eigenvalue weighted by molar-refractivity contribution is -0.384. The highest BCUT2D eigenvalue weighted by Crippen LogP contribution is 2.37. The van der Waals surface area contributed by atoms with Gasteiger partial charge in [-0.25, -0.2) is 9.67 Å². The van der Waals surface area contributed by atoms with E-state index >= 15 is 0 Å². The summed E-state index contributed by atoms with van der Waals surface area (Å²) in [5, 5.41) is 14.9. The van der Waals surface area contributed by atoms with Gasteiger partial charge in [-0.05, 0) is 12.1 Å². The first-order valence-electron chi connectivity index (χ1n) is 7.20. The number of halogens is 4.